The van der Waals surface area contributed by atoms with Crippen LogP contribution in [0.25, 0.3) is 10.2 Å². The summed E-state index contributed by atoms with van der Waals surface area (Å²) < 4.78 is 1.50. The second-order valence-electron chi connectivity index (χ2n) is 4.47. The Kier molecular flexibility index (Phi) is 2.87. The number of nitrogens with zero attached hydrogens (tertiary/aromatic N) is 2. The quantitative estimate of drug-likeness (QED) is 0.899. The number of rotatable bonds is 4. The van der Waals surface area contributed by atoms with Gasteiger partial charge in [-0.2, -0.15) is 0 Å². The van der Waals surface area contributed by atoms with E-state index in [-0.39, 0.29) is 11.5 Å². The van der Waals surface area contributed by atoms with E-state index in [1.807, 2.05) is 5.38 Å². The molecule has 0 aliphatic heterocycles. The predicted octanol–water partition coefficient (Wildman–Crippen LogP) is 1.13. The Balaban J connectivity index is 1.71. The van der Waals surface area contributed by atoms with Crippen molar-refractivity contribution in [3.8, 4) is 0 Å². The van der Waals surface area contributed by atoms with Crippen LogP contribution in [-0.4, -0.2) is 21.5 Å². The highest BCUT2D eigenvalue weighted by atomic mass is 32.1. The number of aryl methyl sites for hydroxylation is 1. The molecule has 3 rings (SSSR count). The molecule has 0 bridgehead atoms. The van der Waals surface area contributed by atoms with Crippen molar-refractivity contribution in [3.63, 3.8) is 0 Å². The maximum absolute atomic E-state index is 12.0. The van der Waals surface area contributed by atoms with E-state index in [9.17, 15) is 9.59 Å². The third-order valence-corrected chi connectivity index (χ3v) is 3.79. The van der Waals surface area contributed by atoms with Crippen molar-refractivity contribution in [2.75, 3.05) is 0 Å². The smallest absolute Gasteiger partial charge is 0.262 e. The standard InChI is InChI=1S/C12H13N3O2S/c16-10(14-8-1-2-8)3-5-15-7-13-11-9(12(15)17)4-6-18-11/h4,6-8H,1-3,5H2,(H,14,16). The molecular weight excluding hydrogens is 250 g/mol. The van der Waals surface area contributed by atoms with Crippen molar-refractivity contribution < 1.29 is 4.79 Å². The molecule has 1 aliphatic rings. The number of carbonyl (C=O) groups is 1. The summed E-state index contributed by atoms with van der Waals surface area (Å²) in [5.74, 6) is 0.00909. The van der Waals surface area contributed by atoms with Crippen molar-refractivity contribution in [3.05, 3.63) is 28.1 Å². The first kappa shape index (κ1) is 11.4. The zero-order valence-corrected chi connectivity index (χ0v) is 10.6. The number of amides is 1. The third-order valence-electron chi connectivity index (χ3n) is 2.97. The van der Waals surface area contributed by atoms with Crippen LogP contribution < -0.4 is 10.9 Å². The Labute approximate surface area is 107 Å². The Bertz CT molecular complexity index is 642. The summed E-state index contributed by atoms with van der Waals surface area (Å²) in [6.07, 6.45) is 4.00. The van der Waals surface area contributed by atoms with Crippen molar-refractivity contribution in [1.29, 1.82) is 0 Å². The molecule has 2 heterocycles. The van der Waals surface area contributed by atoms with E-state index < -0.39 is 0 Å². The van der Waals surface area contributed by atoms with Crippen LogP contribution in [0.5, 0.6) is 0 Å². The summed E-state index contributed by atoms with van der Waals surface area (Å²) in [5, 5.41) is 5.38. The van der Waals surface area contributed by atoms with Crippen molar-refractivity contribution in [2.45, 2.75) is 31.8 Å². The Morgan fingerprint density at radius 1 is 1.56 bits per heavy atom. The largest absolute Gasteiger partial charge is 0.353 e. The molecule has 1 saturated carbocycles. The van der Waals surface area contributed by atoms with Gasteiger partial charge in [0.2, 0.25) is 5.91 Å². The first-order valence-electron chi connectivity index (χ1n) is 5.96. The van der Waals surface area contributed by atoms with E-state index in [0.29, 0.717) is 24.4 Å². The minimum atomic E-state index is -0.0690. The minimum Gasteiger partial charge on any atom is -0.353 e. The van der Waals surface area contributed by atoms with Gasteiger partial charge in [-0.05, 0) is 24.3 Å². The third kappa shape index (κ3) is 2.28. The number of fused-ring (bicyclic) bond motifs is 1. The lowest BCUT2D eigenvalue weighted by molar-refractivity contribution is -0.121. The lowest BCUT2D eigenvalue weighted by Crippen LogP contribution is -2.28. The van der Waals surface area contributed by atoms with E-state index in [2.05, 4.69) is 10.3 Å². The fourth-order valence-corrected chi connectivity index (χ4v) is 2.53. The van der Waals surface area contributed by atoms with Crippen LogP contribution in [0.3, 0.4) is 0 Å². The Hall–Kier alpha value is -1.69. The first-order valence-corrected chi connectivity index (χ1v) is 6.84. The fourth-order valence-electron chi connectivity index (χ4n) is 1.80. The van der Waals surface area contributed by atoms with Crippen LogP contribution in [-0.2, 0) is 11.3 Å². The highest BCUT2D eigenvalue weighted by Gasteiger charge is 2.22. The van der Waals surface area contributed by atoms with Crippen molar-refractivity contribution in [1.82, 2.24) is 14.9 Å². The topological polar surface area (TPSA) is 64.0 Å². The van der Waals surface area contributed by atoms with Crippen molar-refractivity contribution in [2.24, 2.45) is 0 Å². The number of hydrogen-bond acceptors (Lipinski definition) is 4. The van der Waals surface area contributed by atoms with Gasteiger partial charge in [-0.25, -0.2) is 4.98 Å². The zero-order valence-electron chi connectivity index (χ0n) is 9.76. The van der Waals surface area contributed by atoms with E-state index in [0.717, 1.165) is 17.7 Å². The molecule has 1 amide bonds. The van der Waals surface area contributed by atoms with Gasteiger partial charge in [-0.1, -0.05) is 0 Å². The molecule has 18 heavy (non-hydrogen) atoms. The number of hydrogen-bond donors (Lipinski definition) is 1. The van der Waals surface area contributed by atoms with Gasteiger partial charge in [0.05, 0.1) is 11.7 Å². The fraction of sp³-hybridized carbons (Fsp3) is 0.417. The number of nitrogens with one attached hydrogen (secondary N) is 1. The van der Waals surface area contributed by atoms with Crippen LogP contribution in [0.1, 0.15) is 19.3 Å². The van der Waals surface area contributed by atoms with Crippen LogP contribution >= 0.6 is 11.3 Å². The van der Waals surface area contributed by atoms with Gasteiger partial charge in [-0.3, -0.25) is 14.2 Å². The average Bonchev–Trinajstić information content (AvgIpc) is 3.03. The average molecular weight is 263 g/mol. The molecule has 2 aromatic rings. The van der Waals surface area contributed by atoms with Gasteiger partial charge in [-0.15, -0.1) is 11.3 Å². The zero-order chi connectivity index (χ0) is 12.5. The summed E-state index contributed by atoms with van der Waals surface area (Å²) in [5.41, 5.74) is -0.0690. The predicted molar refractivity (Wildman–Crippen MR) is 69.7 cm³/mol. The van der Waals surface area contributed by atoms with Gasteiger partial charge in [0, 0.05) is 19.0 Å². The molecule has 2 aromatic heterocycles. The molecule has 0 radical (unpaired) electrons. The van der Waals surface area contributed by atoms with Gasteiger partial charge >= 0.3 is 0 Å². The first-order chi connectivity index (χ1) is 8.74. The highest BCUT2D eigenvalue weighted by molar-refractivity contribution is 7.16. The monoisotopic (exact) mass is 263 g/mol. The molecule has 1 fully saturated rings. The van der Waals surface area contributed by atoms with Crippen LogP contribution in [0.15, 0.2) is 22.6 Å². The summed E-state index contributed by atoms with van der Waals surface area (Å²) in [6.45, 7) is 0.385. The summed E-state index contributed by atoms with van der Waals surface area (Å²) in [6, 6.07) is 2.14. The lowest BCUT2D eigenvalue weighted by atomic mass is 10.3. The van der Waals surface area contributed by atoms with Gasteiger partial charge < -0.3 is 5.32 Å². The molecule has 6 heteroatoms. The van der Waals surface area contributed by atoms with Gasteiger partial charge in [0.25, 0.3) is 5.56 Å². The summed E-state index contributed by atoms with van der Waals surface area (Å²) in [4.78, 5) is 28.5. The van der Waals surface area contributed by atoms with E-state index in [1.165, 1.54) is 22.2 Å². The maximum Gasteiger partial charge on any atom is 0.262 e. The minimum absolute atomic E-state index is 0.00909. The second kappa shape index (κ2) is 4.53. The molecule has 0 unspecified atom stereocenters. The van der Waals surface area contributed by atoms with Crippen LogP contribution in [0, 0.1) is 0 Å². The SMILES string of the molecule is O=C(CCn1cnc2sccc2c1=O)NC1CC1. The van der Waals surface area contributed by atoms with E-state index >= 15 is 0 Å². The summed E-state index contributed by atoms with van der Waals surface area (Å²) in [7, 11) is 0. The normalized spacial score (nSPS) is 14.9. The molecular formula is C12H13N3O2S. The van der Waals surface area contributed by atoms with Crippen molar-refractivity contribution >= 4 is 27.5 Å². The van der Waals surface area contributed by atoms with Crippen LogP contribution in [0.4, 0.5) is 0 Å². The number of aromatic nitrogens is 2. The van der Waals surface area contributed by atoms with E-state index in [1.54, 1.807) is 6.07 Å². The number of carbonyl (C=O) groups excluding carboxylic acids is 1. The van der Waals surface area contributed by atoms with Gasteiger partial charge in [0.1, 0.15) is 4.83 Å². The second-order valence-corrected chi connectivity index (χ2v) is 5.37. The molecule has 1 aliphatic carbocycles. The lowest BCUT2D eigenvalue weighted by Gasteiger charge is -2.05. The molecule has 5 nitrogen and oxygen atoms in total. The molecule has 0 aromatic carbocycles. The molecule has 0 spiro atoms. The Morgan fingerprint density at radius 3 is 3.17 bits per heavy atom. The number of thiophene rings is 1. The molecule has 0 atom stereocenters. The van der Waals surface area contributed by atoms with Crippen LogP contribution in [0.2, 0.25) is 0 Å². The van der Waals surface area contributed by atoms with Gasteiger partial charge in [0.15, 0.2) is 0 Å². The maximum atomic E-state index is 12.0. The Morgan fingerprint density at radius 2 is 2.39 bits per heavy atom. The summed E-state index contributed by atoms with van der Waals surface area (Å²) >= 11 is 1.45. The molecule has 0 saturated heterocycles. The molecule has 94 valence electrons. The van der Waals surface area contributed by atoms with E-state index in [4.69, 9.17) is 0 Å². The highest BCUT2D eigenvalue weighted by Crippen LogP contribution is 2.18. The molecule has 1 N–H and O–H groups in total.